The van der Waals surface area contributed by atoms with Gasteiger partial charge in [-0.3, -0.25) is 0 Å². The minimum atomic E-state index is 0.0992. The first-order chi connectivity index (χ1) is 9.91. The molecule has 3 nitrogen and oxygen atoms in total. The van der Waals surface area contributed by atoms with Gasteiger partial charge in [0.15, 0.2) is 0 Å². The van der Waals surface area contributed by atoms with Gasteiger partial charge in [0.1, 0.15) is 0 Å². The van der Waals surface area contributed by atoms with E-state index in [1.807, 2.05) is 18.2 Å². The van der Waals surface area contributed by atoms with Gasteiger partial charge >= 0.3 is 0 Å². The highest BCUT2D eigenvalue weighted by Gasteiger charge is 2.32. The summed E-state index contributed by atoms with van der Waals surface area (Å²) < 4.78 is 3.12. The number of nitrogens with two attached hydrogens (primary N) is 1. The van der Waals surface area contributed by atoms with Crippen LogP contribution in [0, 0.1) is 16.7 Å². The summed E-state index contributed by atoms with van der Waals surface area (Å²) in [5, 5.41) is 8.98. The second-order valence-electron chi connectivity index (χ2n) is 6.52. The molecule has 0 saturated carbocycles. The highest BCUT2D eigenvalue weighted by molar-refractivity contribution is 9.10. The topological polar surface area (TPSA) is 54.7 Å². The van der Waals surface area contributed by atoms with Gasteiger partial charge in [-0.2, -0.15) is 5.26 Å². The Morgan fingerprint density at radius 2 is 2.14 bits per heavy atom. The van der Waals surface area contributed by atoms with Gasteiger partial charge < -0.3 is 10.3 Å². The molecule has 2 N–H and O–H groups in total. The molecule has 0 spiro atoms. The molecule has 3 rings (SSSR count). The average molecular weight is 344 g/mol. The number of nitrogens with zero attached hydrogens (tertiary/aromatic N) is 2. The van der Waals surface area contributed by atoms with E-state index in [-0.39, 0.29) is 11.5 Å². The molecule has 1 unspecified atom stereocenters. The average Bonchev–Trinajstić information content (AvgIpc) is 2.81. The fourth-order valence-electron chi connectivity index (χ4n) is 3.23. The van der Waals surface area contributed by atoms with Crippen LogP contribution in [0.1, 0.15) is 43.1 Å². The zero-order valence-electron chi connectivity index (χ0n) is 12.2. The maximum absolute atomic E-state index is 8.98. The van der Waals surface area contributed by atoms with Crippen molar-refractivity contribution in [1.82, 2.24) is 4.57 Å². The van der Waals surface area contributed by atoms with E-state index < -0.39 is 0 Å². The van der Waals surface area contributed by atoms with Gasteiger partial charge in [-0.1, -0.05) is 13.8 Å². The van der Waals surface area contributed by atoms with Crippen molar-refractivity contribution in [3.05, 3.63) is 51.8 Å². The van der Waals surface area contributed by atoms with Crippen LogP contribution in [0.25, 0.3) is 5.69 Å². The van der Waals surface area contributed by atoms with Crippen LogP contribution < -0.4 is 5.73 Å². The Morgan fingerprint density at radius 3 is 2.81 bits per heavy atom. The number of hydrogen-bond donors (Lipinski definition) is 1. The third kappa shape index (κ3) is 2.52. The second-order valence-corrected chi connectivity index (χ2v) is 7.37. The third-order valence-corrected chi connectivity index (χ3v) is 4.82. The van der Waals surface area contributed by atoms with Crippen LogP contribution in [0.2, 0.25) is 0 Å². The first-order valence-corrected chi connectivity index (χ1v) is 7.86. The summed E-state index contributed by atoms with van der Waals surface area (Å²) in [6.45, 7) is 4.53. The number of hydrogen-bond acceptors (Lipinski definition) is 2. The molecule has 1 aliphatic rings. The quantitative estimate of drug-likeness (QED) is 0.847. The monoisotopic (exact) mass is 343 g/mol. The van der Waals surface area contributed by atoms with Crippen molar-refractivity contribution in [2.45, 2.75) is 32.7 Å². The van der Waals surface area contributed by atoms with Gasteiger partial charge in [0.25, 0.3) is 0 Å². The lowest BCUT2D eigenvalue weighted by Gasteiger charge is -2.34. The largest absolute Gasteiger partial charge is 0.324 e. The summed E-state index contributed by atoms with van der Waals surface area (Å²) in [5.41, 5.74) is 10.8. The van der Waals surface area contributed by atoms with Crippen molar-refractivity contribution in [3.8, 4) is 11.8 Å². The minimum Gasteiger partial charge on any atom is -0.324 e. The van der Waals surface area contributed by atoms with E-state index in [9.17, 15) is 0 Å². The summed E-state index contributed by atoms with van der Waals surface area (Å²) >= 11 is 3.58. The van der Waals surface area contributed by atoms with E-state index in [2.05, 4.69) is 52.7 Å². The Bertz CT molecular complexity index is 737. The molecule has 4 heteroatoms. The van der Waals surface area contributed by atoms with Gasteiger partial charge in [-0.15, -0.1) is 0 Å². The van der Waals surface area contributed by atoms with E-state index in [1.165, 1.54) is 11.3 Å². The fourth-order valence-corrected chi connectivity index (χ4v) is 3.80. The lowest BCUT2D eigenvalue weighted by molar-refractivity contribution is 0.278. The van der Waals surface area contributed by atoms with Crippen LogP contribution in [0.3, 0.4) is 0 Å². The minimum absolute atomic E-state index is 0.0992. The molecule has 0 bridgehead atoms. The molecule has 0 fully saturated rings. The third-order valence-electron chi connectivity index (χ3n) is 4.18. The molecule has 0 saturated heterocycles. The van der Waals surface area contributed by atoms with E-state index in [4.69, 9.17) is 11.0 Å². The number of nitriles is 1. The number of aromatic nitrogens is 1. The Morgan fingerprint density at radius 1 is 1.38 bits per heavy atom. The predicted molar refractivity (Wildman–Crippen MR) is 87.2 cm³/mol. The summed E-state index contributed by atoms with van der Waals surface area (Å²) in [6.07, 6.45) is 4.10. The summed E-state index contributed by atoms with van der Waals surface area (Å²) in [7, 11) is 0. The number of rotatable bonds is 1. The maximum atomic E-state index is 8.98. The van der Waals surface area contributed by atoms with E-state index >= 15 is 0 Å². The van der Waals surface area contributed by atoms with Crippen molar-refractivity contribution in [2.24, 2.45) is 11.1 Å². The van der Waals surface area contributed by atoms with E-state index in [0.29, 0.717) is 5.56 Å². The standard InChI is InChI=1S/C17H18BrN3/c1-17(2)8-14(20)12-5-6-21(16(12)9-17)15-4-3-11(10-19)7-13(15)18/h3-7,14H,8-9,20H2,1-2H3. The van der Waals surface area contributed by atoms with Crippen LogP contribution in [-0.4, -0.2) is 4.57 Å². The SMILES string of the molecule is CC1(C)Cc2c(ccn2-c2ccc(C#N)cc2Br)C(N)C1. The number of halogens is 1. The van der Waals surface area contributed by atoms with Crippen LogP contribution in [0.4, 0.5) is 0 Å². The van der Waals surface area contributed by atoms with Gasteiger partial charge in [-0.25, -0.2) is 0 Å². The zero-order chi connectivity index (χ0) is 15.2. The van der Waals surface area contributed by atoms with Crippen molar-refractivity contribution >= 4 is 15.9 Å². The molecule has 1 aliphatic carbocycles. The highest BCUT2D eigenvalue weighted by atomic mass is 79.9. The van der Waals surface area contributed by atoms with Gasteiger partial charge in [0.2, 0.25) is 0 Å². The highest BCUT2D eigenvalue weighted by Crippen LogP contribution is 2.41. The van der Waals surface area contributed by atoms with Crippen LogP contribution >= 0.6 is 15.9 Å². The fraction of sp³-hybridized carbons (Fsp3) is 0.353. The van der Waals surface area contributed by atoms with Crippen molar-refractivity contribution in [1.29, 1.82) is 5.26 Å². The maximum Gasteiger partial charge on any atom is 0.0992 e. The Kier molecular flexibility index (Phi) is 3.43. The molecule has 2 aromatic rings. The zero-order valence-corrected chi connectivity index (χ0v) is 13.8. The van der Waals surface area contributed by atoms with Crippen LogP contribution in [0.5, 0.6) is 0 Å². The Balaban J connectivity index is 2.12. The summed E-state index contributed by atoms with van der Waals surface area (Å²) in [4.78, 5) is 0. The molecule has 0 amide bonds. The lowest BCUT2D eigenvalue weighted by Crippen LogP contribution is -2.30. The van der Waals surface area contributed by atoms with Crippen molar-refractivity contribution in [2.75, 3.05) is 0 Å². The molecular formula is C17H18BrN3. The Labute approximate surface area is 133 Å². The summed E-state index contributed by atoms with van der Waals surface area (Å²) in [6, 6.07) is 10.1. The Hall–Kier alpha value is -1.57. The van der Waals surface area contributed by atoms with Crippen LogP contribution in [0.15, 0.2) is 34.9 Å². The van der Waals surface area contributed by atoms with E-state index in [0.717, 1.165) is 23.0 Å². The second kappa shape index (κ2) is 5.01. The normalized spacial score (nSPS) is 19.9. The van der Waals surface area contributed by atoms with Crippen molar-refractivity contribution < 1.29 is 0 Å². The first kappa shape index (κ1) is 14.4. The number of fused-ring (bicyclic) bond motifs is 1. The molecule has 1 heterocycles. The molecule has 21 heavy (non-hydrogen) atoms. The van der Waals surface area contributed by atoms with Gasteiger partial charge in [0, 0.05) is 22.4 Å². The van der Waals surface area contributed by atoms with E-state index in [1.54, 1.807) is 0 Å². The first-order valence-electron chi connectivity index (χ1n) is 7.07. The molecule has 1 atom stereocenters. The molecule has 0 aliphatic heterocycles. The number of benzene rings is 1. The summed E-state index contributed by atoms with van der Waals surface area (Å²) in [5.74, 6) is 0. The molecule has 1 aromatic heterocycles. The molecular weight excluding hydrogens is 326 g/mol. The van der Waals surface area contributed by atoms with Gasteiger partial charge in [-0.05, 0) is 64.0 Å². The smallest absolute Gasteiger partial charge is 0.0992 e. The predicted octanol–water partition coefficient (Wildman–Crippen LogP) is 4.08. The molecule has 1 aromatic carbocycles. The van der Waals surface area contributed by atoms with Crippen molar-refractivity contribution in [3.63, 3.8) is 0 Å². The lowest BCUT2D eigenvalue weighted by atomic mass is 9.74. The van der Waals surface area contributed by atoms with Gasteiger partial charge in [0.05, 0.1) is 17.3 Å². The molecule has 108 valence electrons. The van der Waals surface area contributed by atoms with Crippen LogP contribution in [-0.2, 0) is 6.42 Å². The molecule has 0 radical (unpaired) electrons.